The van der Waals surface area contributed by atoms with Crippen molar-refractivity contribution in [1.29, 1.82) is 0 Å². The van der Waals surface area contributed by atoms with Crippen molar-refractivity contribution >= 4 is 23.2 Å². The van der Waals surface area contributed by atoms with Crippen molar-refractivity contribution in [3.05, 3.63) is 51.2 Å². The van der Waals surface area contributed by atoms with Crippen molar-refractivity contribution in [2.45, 2.75) is 26.2 Å². The van der Waals surface area contributed by atoms with E-state index in [1.165, 1.54) is 23.5 Å². The third kappa shape index (κ3) is 3.74. The molecule has 1 saturated heterocycles. The maximum Gasteiger partial charge on any atom is 0.308 e. The van der Waals surface area contributed by atoms with Crippen LogP contribution in [0.3, 0.4) is 0 Å². The van der Waals surface area contributed by atoms with Gasteiger partial charge in [0.15, 0.2) is 0 Å². The van der Waals surface area contributed by atoms with Crippen LogP contribution < -0.4 is 0 Å². The zero-order chi connectivity index (χ0) is 19.1. The summed E-state index contributed by atoms with van der Waals surface area (Å²) in [6.45, 7) is 2.60. The molecule has 7 heteroatoms. The number of aromatic nitrogens is 1. The molecule has 1 N–H and O–H groups in total. The normalized spacial score (nSPS) is 22.2. The minimum Gasteiger partial charge on any atom is -0.481 e. The number of hydrogen-bond acceptors (Lipinski definition) is 4. The number of carbonyl (C=O) groups is 2. The smallest absolute Gasteiger partial charge is 0.308 e. The molecule has 2 aromatic rings. The van der Waals surface area contributed by atoms with Gasteiger partial charge in [0.1, 0.15) is 10.7 Å². The van der Waals surface area contributed by atoms with Crippen LogP contribution in [-0.2, 0) is 11.2 Å². The van der Waals surface area contributed by atoms with Crippen LogP contribution in [0.4, 0.5) is 4.39 Å². The second kappa shape index (κ2) is 7.03. The van der Waals surface area contributed by atoms with Crippen LogP contribution in [0.15, 0.2) is 24.3 Å². The van der Waals surface area contributed by atoms with Gasteiger partial charge in [0.2, 0.25) is 0 Å². The van der Waals surface area contributed by atoms with Crippen molar-refractivity contribution in [3.8, 4) is 0 Å². The molecule has 5 nitrogen and oxygen atoms in total. The van der Waals surface area contributed by atoms with Gasteiger partial charge in [-0.15, -0.1) is 11.3 Å². The molecular formula is C20H21FN2O3S. The Kier molecular flexibility index (Phi) is 4.72. The van der Waals surface area contributed by atoms with Gasteiger partial charge in [-0.25, -0.2) is 9.37 Å². The minimum absolute atomic E-state index is 0.0679. The van der Waals surface area contributed by atoms with E-state index >= 15 is 0 Å². The number of aryl methyl sites for hydroxylation is 1. The van der Waals surface area contributed by atoms with Gasteiger partial charge >= 0.3 is 5.97 Å². The number of carboxylic acids is 1. The fourth-order valence-electron chi connectivity index (χ4n) is 3.90. The predicted octanol–water partition coefficient (Wildman–Crippen LogP) is 3.36. The third-order valence-electron chi connectivity index (χ3n) is 5.50. The number of aliphatic carboxylic acids is 1. The van der Waals surface area contributed by atoms with Crippen LogP contribution in [0.25, 0.3) is 0 Å². The summed E-state index contributed by atoms with van der Waals surface area (Å²) in [5, 5.41) is 10.3. The Morgan fingerprint density at radius 2 is 1.96 bits per heavy atom. The maximum absolute atomic E-state index is 13.0. The SMILES string of the molecule is Cc1nc(Cc2ccc(F)cc2)sc1C(=O)N1C[C@H](C(=O)O)[C@@H](C2CC2)C1. The number of amides is 1. The number of benzene rings is 1. The summed E-state index contributed by atoms with van der Waals surface area (Å²) < 4.78 is 13.0. The molecule has 1 aliphatic heterocycles. The van der Waals surface area contributed by atoms with Gasteiger partial charge in [-0.2, -0.15) is 0 Å². The molecule has 1 aromatic heterocycles. The standard InChI is InChI=1S/C20H21FN2O3S/c1-11-18(27-17(22-11)8-12-2-6-14(21)7-3-12)19(24)23-9-15(13-4-5-13)16(10-23)20(25)26/h2-3,6-7,13,15-16H,4-5,8-10H2,1H3,(H,25,26)/t15-,16+/m1/s1. The number of carbonyl (C=O) groups excluding carboxylic acids is 1. The molecule has 1 aromatic carbocycles. The molecule has 0 radical (unpaired) electrons. The lowest BCUT2D eigenvalue weighted by molar-refractivity contribution is -0.142. The molecular weight excluding hydrogens is 367 g/mol. The first-order chi connectivity index (χ1) is 12.9. The van der Waals surface area contributed by atoms with Crippen LogP contribution >= 0.6 is 11.3 Å². The number of thiazole rings is 1. The molecule has 142 valence electrons. The highest BCUT2D eigenvalue weighted by Crippen LogP contribution is 2.44. The summed E-state index contributed by atoms with van der Waals surface area (Å²) in [4.78, 5) is 31.3. The Morgan fingerprint density at radius 3 is 2.59 bits per heavy atom. The van der Waals surface area contributed by atoms with Crippen LogP contribution in [0.1, 0.15) is 38.8 Å². The Labute approximate surface area is 160 Å². The minimum atomic E-state index is -0.805. The molecule has 1 saturated carbocycles. The predicted molar refractivity (Wildman–Crippen MR) is 99.3 cm³/mol. The zero-order valence-corrected chi connectivity index (χ0v) is 15.8. The van der Waals surface area contributed by atoms with Gasteiger partial charge in [-0.05, 0) is 49.3 Å². The van der Waals surface area contributed by atoms with Crippen LogP contribution in [0.2, 0.25) is 0 Å². The van der Waals surface area contributed by atoms with E-state index in [0.717, 1.165) is 23.4 Å². The van der Waals surface area contributed by atoms with Gasteiger partial charge in [-0.1, -0.05) is 12.1 Å². The van der Waals surface area contributed by atoms with Gasteiger partial charge < -0.3 is 10.0 Å². The molecule has 27 heavy (non-hydrogen) atoms. The number of halogens is 1. The molecule has 2 heterocycles. The van der Waals surface area contributed by atoms with Gasteiger partial charge in [-0.3, -0.25) is 9.59 Å². The molecule has 1 amide bonds. The van der Waals surface area contributed by atoms with E-state index in [4.69, 9.17) is 0 Å². The number of likely N-dealkylation sites (tertiary alicyclic amines) is 1. The second-order valence-electron chi connectivity index (χ2n) is 7.48. The Morgan fingerprint density at radius 1 is 1.26 bits per heavy atom. The van der Waals surface area contributed by atoms with E-state index in [2.05, 4.69) is 4.98 Å². The summed E-state index contributed by atoms with van der Waals surface area (Å²) in [6.07, 6.45) is 2.68. The van der Waals surface area contributed by atoms with E-state index in [9.17, 15) is 19.1 Å². The topological polar surface area (TPSA) is 70.5 Å². The lowest BCUT2D eigenvalue weighted by atomic mass is 9.92. The summed E-state index contributed by atoms with van der Waals surface area (Å²) in [5.74, 6) is -1.16. The van der Waals surface area contributed by atoms with Crippen molar-refractivity contribution in [2.24, 2.45) is 17.8 Å². The molecule has 0 spiro atoms. The van der Waals surface area contributed by atoms with Crippen LogP contribution in [0.5, 0.6) is 0 Å². The van der Waals surface area contributed by atoms with Gasteiger partial charge in [0.25, 0.3) is 5.91 Å². The first kappa shape index (κ1) is 18.1. The van der Waals surface area contributed by atoms with Gasteiger partial charge in [0.05, 0.1) is 16.6 Å². The molecule has 2 atom stereocenters. The highest BCUT2D eigenvalue weighted by molar-refractivity contribution is 7.13. The Balaban J connectivity index is 1.49. The van der Waals surface area contributed by atoms with E-state index in [1.807, 2.05) is 0 Å². The number of carboxylic acid groups (broad SMARTS) is 1. The monoisotopic (exact) mass is 388 g/mol. The molecule has 0 bridgehead atoms. The van der Waals surface area contributed by atoms with Crippen molar-refractivity contribution in [3.63, 3.8) is 0 Å². The van der Waals surface area contributed by atoms with E-state index in [1.54, 1.807) is 24.0 Å². The Bertz CT molecular complexity index is 876. The zero-order valence-electron chi connectivity index (χ0n) is 15.0. The average molecular weight is 388 g/mol. The van der Waals surface area contributed by atoms with E-state index in [-0.39, 0.29) is 24.2 Å². The highest BCUT2D eigenvalue weighted by atomic mass is 32.1. The van der Waals surface area contributed by atoms with Crippen LogP contribution in [0, 0.1) is 30.5 Å². The summed E-state index contributed by atoms with van der Waals surface area (Å²) in [5.41, 5.74) is 1.61. The molecule has 4 rings (SSSR count). The quantitative estimate of drug-likeness (QED) is 0.853. The summed E-state index contributed by atoms with van der Waals surface area (Å²) >= 11 is 1.34. The fourth-order valence-corrected chi connectivity index (χ4v) is 4.97. The molecule has 0 unspecified atom stereocenters. The largest absolute Gasteiger partial charge is 0.481 e. The molecule has 2 fully saturated rings. The number of nitrogens with zero attached hydrogens (tertiary/aromatic N) is 2. The second-order valence-corrected chi connectivity index (χ2v) is 8.57. The maximum atomic E-state index is 13.0. The highest BCUT2D eigenvalue weighted by Gasteiger charge is 2.47. The van der Waals surface area contributed by atoms with Crippen molar-refractivity contribution < 1.29 is 19.1 Å². The lowest BCUT2D eigenvalue weighted by Crippen LogP contribution is -2.29. The molecule has 1 aliphatic carbocycles. The van der Waals surface area contributed by atoms with Crippen molar-refractivity contribution in [2.75, 3.05) is 13.1 Å². The first-order valence-corrected chi connectivity index (χ1v) is 9.97. The van der Waals surface area contributed by atoms with Gasteiger partial charge in [0, 0.05) is 19.5 Å². The first-order valence-electron chi connectivity index (χ1n) is 9.15. The van der Waals surface area contributed by atoms with E-state index in [0.29, 0.717) is 29.5 Å². The van der Waals surface area contributed by atoms with Crippen LogP contribution in [-0.4, -0.2) is 40.0 Å². The lowest BCUT2D eigenvalue weighted by Gasteiger charge is -2.15. The Hall–Kier alpha value is -2.28. The fraction of sp³-hybridized carbons (Fsp3) is 0.450. The van der Waals surface area contributed by atoms with Crippen molar-refractivity contribution in [1.82, 2.24) is 9.88 Å². The van der Waals surface area contributed by atoms with E-state index < -0.39 is 11.9 Å². The third-order valence-corrected chi connectivity index (χ3v) is 6.65. The average Bonchev–Trinajstić information content (AvgIpc) is 3.27. The number of rotatable bonds is 5. The molecule has 2 aliphatic rings. The number of hydrogen-bond donors (Lipinski definition) is 1. The summed E-state index contributed by atoms with van der Waals surface area (Å²) in [7, 11) is 0. The summed E-state index contributed by atoms with van der Waals surface area (Å²) in [6, 6.07) is 6.25.